The van der Waals surface area contributed by atoms with Crippen molar-refractivity contribution in [2.75, 3.05) is 10.5 Å². The first-order chi connectivity index (χ1) is 8.73. The van der Waals surface area contributed by atoms with Crippen LogP contribution in [0.3, 0.4) is 0 Å². The molecule has 0 saturated heterocycles. The van der Waals surface area contributed by atoms with E-state index in [1.165, 1.54) is 12.8 Å². The number of anilines is 1. The van der Waals surface area contributed by atoms with Gasteiger partial charge in [0.25, 0.3) is 0 Å². The number of sulfonamides is 1. The lowest BCUT2D eigenvalue weighted by Crippen LogP contribution is -2.17. The topological polar surface area (TPSA) is 74.8 Å². The van der Waals surface area contributed by atoms with E-state index < -0.39 is 10.0 Å². The fraction of sp³-hybridized carbons (Fsp3) is 0.769. The largest absolute Gasteiger partial charge is 0.280 e. The van der Waals surface area contributed by atoms with Crippen LogP contribution in [0.2, 0.25) is 0 Å². The highest BCUT2D eigenvalue weighted by molar-refractivity contribution is 7.92. The summed E-state index contributed by atoms with van der Waals surface area (Å²) in [5.41, 5.74) is 1.10. The number of aromatic nitrogens is 2. The van der Waals surface area contributed by atoms with Gasteiger partial charge in [-0.25, -0.2) is 8.42 Å². The van der Waals surface area contributed by atoms with Gasteiger partial charge in [0.2, 0.25) is 10.0 Å². The summed E-state index contributed by atoms with van der Waals surface area (Å²) in [6.45, 7) is 6.40. The quantitative estimate of drug-likeness (QED) is 0.843. The van der Waals surface area contributed by atoms with E-state index in [-0.39, 0.29) is 11.2 Å². The average Bonchev–Trinajstić information content (AvgIpc) is 2.97. The van der Waals surface area contributed by atoms with Gasteiger partial charge in [-0.15, -0.1) is 0 Å². The fourth-order valence-corrected chi connectivity index (χ4v) is 3.18. The molecule has 0 aliphatic heterocycles. The second kappa shape index (κ2) is 5.15. The van der Waals surface area contributed by atoms with Gasteiger partial charge in [-0.2, -0.15) is 5.10 Å². The summed E-state index contributed by atoms with van der Waals surface area (Å²) in [5, 5.41) is 6.90. The molecule has 2 rings (SSSR count). The zero-order valence-corrected chi connectivity index (χ0v) is 12.7. The molecule has 1 heterocycles. The van der Waals surface area contributed by atoms with E-state index in [4.69, 9.17) is 0 Å². The second-order valence-corrected chi connectivity index (χ2v) is 8.51. The molecule has 5 nitrogen and oxygen atoms in total. The Morgan fingerprint density at radius 3 is 2.68 bits per heavy atom. The summed E-state index contributed by atoms with van der Waals surface area (Å²) in [7, 11) is -3.25. The van der Waals surface area contributed by atoms with Gasteiger partial charge in [0.1, 0.15) is 0 Å². The van der Waals surface area contributed by atoms with E-state index in [9.17, 15) is 8.42 Å². The average molecular weight is 285 g/mol. The third kappa shape index (κ3) is 5.22. The van der Waals surface area contributed by atoms with E-state index in [1.54, 1.807) is 6.07 Å². The summed E-state index contributed by atoms with van der Waals surface area (Å²) in [6, 6.07) is 1.78. The molecule has 0 atom stereocenters. The predicted molar refractivity (Wildman–Crippen MR) is 76.5 cm³/mol. The standard InChI is InChI=1S/C13H23N3O2S/c1-13(2,3)9-11-8-12(15-14-11)16-19(17,18)7-6-10-4-5-10/h8,10H,4-7,9H2,1-3H3,(H2,14,15,16). The Kier molecular flexibility index (Phi) is 3.90. The second-order valence-electron chi connectivity index (χ2n) is 6.67. The number of H-pyrrole nitrogens is 1. The first-order valence-corrected chi connectivity index (χ1v) is 8.43. The van der Waals surface area contributed by atoms with Gasteiger partial charge >= 0.3 is 0 Å². The Morgan fingerprint density at radius 1 is 1.42 bits per heavy atom. The van der Waals surface area contributed by atoms with Crippen LogP contribution < -0.4 is 4.72 Å². The van der Waals surface area contributed by atoms with Crippen LogP contribution in [0.4, 0.5) is 5.82 Å². The molecular weight excluding hydrogens is 262 g/mol. The smallest absolute Gasteiger partial charge is 0.233 e. The van der Waals surface area contributed by atoms with Crippen LogP contribution in [-0.4, -0.2) is 24.4 Å². The zero-order chi connectivity index (χ0) is 14.1. The Bertz CT molecular complexity index is 524. The lowest BCUT2D eigenvalue weighted by Gasteiger charge is -2.15. The zero-order valence-electron chi connectivity index (χ0n) is 11.9. The Balaban J connectivity index is 1.91. The van der Waals surface area contributed by atoms with Gasteiger partial charge in [-0.3, -0.25) is 9.82 Å². The lowest BCUT2D eigenvalue weighted by molar-refractivity contribution is 0.406. The van der Waals surface area contributed by atoms with Crippen molar-refractivity contribution in [2.45, 2.75) is 46.5 Å². The van der Waals surface area contributed by atoms with Gasteiger partial charge in [0.05, 0.1) is 5.75 Å². The first-order valence-electron chi connectivity index (χ1n) is 6.78. The minimum Gasteiger partial charge on any atom is -0.280 e. The van der Waals surface area contributed by atoms with Gasteiger partial charge in [0.15, 0.2) is 5.82 Å². The molecular formula is C13H23N3O2S. The van der Waals surface area contributed by atoms with Crippen LogP contribution in [0.25, 0.3) is 0 Å². The summed E-state index contributed by atoms with van der Waals surface area (Å²) in [4.78, 5) is 0. The Labute approximate surface area is 115 Å². The molecule has 1 aromatic rings. The Morgan fingerprint density at radius 2 is 2.11 bits per heavy atom. The van der Waals surface area contributed by atoms with Crippen LogP contribution >= 0.6 is 0 Å². The number of hydrogen-bond acceptors (Lipinski definition) is 3. The highest BCUT2D eigenvalue weighted by Crippen LogP contribution is 2.32. The summed E-state index contributed by atoms with van der Waals surface area (Å²) in [5.74, 6) is 1.21. The number of rotatable bonds is 6. The summed E-state index contributed by atoms with van der Waals surface area (Å²) in [6.07, 6.45) is 3.94. The number of nitrogens with one attached hydrogen (secondary N) is 2. The van der Waals surface area contributed by atoms with Crippen molar-refractivity contribution >= 4 is 15.8 Å². The molecule has 1 aromatic heterocycles. The lowest BCUT2D eigenvalue weighted by atomic mass is 9.91. The third-order valence-electron chi connectivity index (χ3n) is 3.10. The number of nitrogens with zero attached hydrogens (tertiary/aromatic N) is 1. The number of hydrogen-bond donors (Lipinski definition) is 2. The summed E-state index contributed by atoms with van der Waals surface area (Å²) < 4.78 is 26.3. The normalized spacial score (nSPS) is 16.6. The van der Waals surface area contributed by atoms with E-state index >= 15 is 0 Å². The van der Waals surface area contributed by atoms with E-state index in [2.05, 4.69) is 35.7 Å². The van der Waals surface area contributed by atoms with Crippen LogP contribution in [0.15, 0.2) is 6.07 Å². The number of aromatic amines is 1. The molecule has 6 heteroatoms. The van der Waals surface area contributed by atoms with Crippen molar-refractivity contribution in [3.8, 4) is 0 Å². The molecule has 0 bridgehead atoms. The molecule has 0 spiro atoms. The molecule has 108 valence electrons. The molecule has 0 aromatic carbocycles. The van der Waals surface area contributed by atoms with Crippen molar-refractivity contribution in [3.05, 3.63) is 11.8 Å². The van der Waals surface area contributed by atoms with Crippen LogP contribution in [-0.2, 0) is 16.4 Å². The van der Waals surface area contributed by atoms with Gasteiger partial charge in [-0.05, 0) is 24.2 Å². The summed E-state index contributed by atoms with van der Waals surface area (Å²) >= 11 is 0. The molecule has 1 aliphatic carbocycles. The van der Waals surface area contributed by atoms with E-state index in [1.807, 2.05) is 0 Å². The third-order valence-corrected chi connectivity index (χ3v) is 4.40. The van der Waals surface area contributed by atoms with E-state index in [0.717, 1.165) is 18.5 Å². The Hall–Kier alpha value is -1.04. The van der Waals surface area contributed by atoms with Gasteiger partial charge in [-0.1, -0.05) is 33.6 Å². The highest BCUT2D eigenvalue weighted by atomic mass is 32.2. The van der Waals surface area contributed by atoms with Crippen molar-refractivity contribution in [2.24, 2.45) is 11.3 Å². The monoisotopic (exact) mass is 285 g/mol. The van der Waals surface area contributed by atoms with Crippen LogP contribution in [0.5, 0.6) is 0 Å². The van der Waals surface area contributed by atoms with E-state index in [0.29, 0.717) is 11.7 Å². The molecule has 0 amide bonds. The van der Waals surface area contributed by atoms with Crippen molar-refractivity contribution < 1.29 is 8.42 Å². The minimum atomic E-state index is -3.25. The molecule has 0 radical (unpaired) electrons. The maximum atomic E-state index is 11.9. The SMILES string of the molecule is CC(C)(C)Cc1cc(NS(=O)(=O)CCC2CC2)n[nH]1. The molecule has 19 heavy (non-hydrogen) atoms. The molecule has 1 fully saturated rings. The minimum absolute atomic E-state index is 0.147. The molecule has 2 N–H and O–H groups in total. The molecule has 0 unspecified atom stereocenters. The first kappa shape index (κ1) is 14.4. The maximum Gasteiger partial charge on any atom is 0.233 e. The molecule has 1 aliphatic rings. The van der Waals surface area contributed by atoms with Gasteiger partial charge < -0.3 is 0 Å². The van der Waals surface area contributed by atoms with Crippen molar-refractivity contribution in [3.63, 3.8) is 0 Å². The highest BCUT2D eigenvalue weighted by Gasteiger charge is 2.24. The van der Waals surface area contributed by atoms with Crippen molar-refractivity contribution in [1.29, 1.82) is 0 Å². The fourth-order valence-electron chi connectivity index (χ4n) is 2.01. The van der Waals surface area contributed by atoms with Crippen molar-refractivity contribution in [1.82, 2.24) is 10.2 Å². The van der Waals surface area contributed by atoms with Gasteiger partial charge in [0, 0.05) is 11.8 Å². The van der Waals surface area contributed by atoms with Crippen LogP contribution in [0, 0.1) is 11.3 Å². The maximum absolute atomic E-state index is 11.9. The van der Waals surface area contributed by atoms with Crippen LogP contribution in [0.1, 0.15) is 45.7 Å². The predicted octanol–water partition coefficient (Wildman–Crippen LogP) is 2.54. The molecule has 1 saturated carbocycles.